The van der Waals surface area contributed by atoms with Crippen LogP contribution >= 0.6 is 7.82 Å². The predicted molar refractivity (Wildman–Crippen MR) is 349 cm³/mol. The molecule has 0 saturated carbocycles. The minimum Gasteiger partial charge on any atom is -0.756 e. The summed E-state index contributed by atoms with van der Waals surface area (Å²) in [6.07, 6.45) is 73.3. The molecule has 10 heteroatoms. The Hall–Kier alpha value is -1.25. The molecule has 3 atom stereocenters. The summed E-state index contributed by atoms with van der Waals surface area (Å²) in [4.78, 5) is 40.2. The first-order valence-electron chi connectivity index (χ1n) is 36.0. The van der Waals surface area contributed by atoms with Gasteiger partial charge < -0.3 is 28.5 Å². The van der Waals surface area contributed by atoms with E-state index in [1.54, 1.807) is 0 Å². The van der Waals surface area contributed by atoms with E-state index < -0.39 is 20.0 Å². The summed E-state index contributed by atoms with van der Waals surface area (Å²) in [6, 6.07) is -0.881. The van der Waals surface area contributed by atoms with Crippen molar-refractivity contribution in [1.82, 2.24) is 5.32 Å². The average Bonchev–Trinajstić information content (AvgIpc) is 3.44. The summed E-state index contributed by atoms with van der Waals surface area (Å²) >= 11 is 0. The Morgan fingerprint density at radius 2 is 0.704 bits per heavy atom. The third kappa shape index (κ3) is 63.1. The van der Waals surface area contributed by atoms with Crippen molar-refractivity contribution in [3.63, 3.8) is 0 Å². The molecule has 0 aliphatic rings. The highest BCUT2D eigenvalue weighted by molar-refractivity contribution is 7.45. The van der Waals surface area contributed by atoms with Crippen LogP contribution in [-0.4, -0.2) is 69.4 Å². The third-order valence-corrected chi connectivity index (χ3v) is 17.7. The topological polar surface area (TPSA) is 114 Å². The lowest BCUT2D eigenvalue weighted by atomic mass is 10.0. The number of phosphoric ester groups is 1. The second-order valence-corrected chi connectivity index (χ2v) is 27.5. The van der Waals surface area contributed by atoms with E-state index in [4.69, 9.17) is 13.8 Å². The smallest absolute Gasteiger partial charge is 0.306 e. The first-order valence-corrected chi connectivity index (χ1v) is 37.5. The number of nitrogens with zero attached hydrogens (tertiary/aromatic N) is 1. The van der Waals surface area contributed by atoms with Crippen LogP contribution in [-0.2, 0) is 27.9 Å². The molecule has 0 saturated heterocycles. The summed E-state index contributed by atoms with van der Waals surface area (Å²) in [5, 5.41) is 3.05. The quantitative estimate of drug-likeness (QED) is 0.0212. The van der Waals surface area contributed by atoms with Gasteiger partial charge in [-0.2, -0.15) is 0 Å². The molecule has 1 amide bonds. The number of rotatable bonds is 67. The Bertz CT molecular complexity index is 1390. The number of nitrogens with one attached hydrogen (secondary N) is 1. The summed E-state index contributed by atoms with van der Waals surface area (Å²) < 4.78 is 30.5. The number of carbonyl (C=O) groups excluding carboxylic acids is 2. The van der Waals surface area contributed by atoms with E-state index in [1.165, 1.54) is 289 Å². The maximum absolute atomic E-state index is 13.6. The van der Waals surface area contributed by atoms with E-state index in [1.807, 2.05) is 33.3 Å². The molecule has 0 heterocycles. The zero-order valence-electron chi connectivity index (χ0n) is 55.3. The fourth-order valence-electron chi connectivity index (χ4n) is 11.2. The van der Waals surface area contributed by atoms with Crippen LogP contribution in [0.4, 0.5) is 0 Å². The van der Waals surface area contributed by atoms with Gasteiger partial charge in [-0.3, -0.25) is 14.2 Å². The predicted octanol–water partition coefficient (Wildman–Crippen LogP) is 22.1. The number of unbranched alkanes of at least 4 members (excludes halogenated alkanes) is 51. The van der Waals surface area contributed by atoms with Crippen LogP contribution in [0.5, 0.6) is 0 Å². The number of hydrogen-bond donors (Lipinski definition) is 1. The molecule has 0 bridgehead atoms. The number of allylic oxidation sites excluding steroid dienone is 1. The molecule has 0 aromatic heterocycles. The lowest BCUT2D eigenvalue weighted by molar-refractivity contribution is -0.870. The van der Waals surface area contributed by atoms with E-state index >= 15 is 0 Å². The van der Waals surface area contributed by atoms with Crippen LogP contribution in [0.2, 0.25) is 0 Å². The molecule has 0 spiro atoms. The fraction of sp³-hybridized carbons (Fsp3) is 0.944. The van der Waals surface area contributed by atoms with Gasteiger partial charge in [0.05, 0.1) is 33.8 Å². The van der Waals surface area contributed by atoms with Gasteiger partial charge in [0.15, 0.2) is 0 Å². The molecule has 0 aliphatic heterocycles. The van der Waals surface area contributed by atoms with E-state index in [9.17, 15) is 19.0 Å². The van der Waals surface area contributed by atoms with E-state index in [0.29, 0.717) is 17.4 Å². The normalized spacial score (nSPS) is 13.5. The largest absolute Gasteiger partial charge is 0.756 e. The molecule has 0 radical (unpaired) electrons. The van der Waals surface area contributed by atoms with Gasteiger partial charge in [0, 0.05) is 12.8 Å². The van der Waals surface area contributed by atoms with E-state index in [0.717, 1.165) is 57.8 Å². The first-order chi connectivity index (χ1) is 39.4. The summed E-state index contributed by atoms with van der Waals surface area (Å²) in [5.41, 5.74) is 0. The van der Waals surface area contributed by atoms with Crippen molar-refractivity contribution in [3.05, 3.63) is 12.2 Å². The van der Waals surface area contributed by atoms with Crippen molar-refractivity contribution in [2.24, 2.45) is 0 Å². The van der Waals surface area contributed by atoms with Crippen LogP contribution in [0.1, 0.15) is 380 Å². The maximum Gasteiger partial charge on any atom is 0.306 e. The second-order valence-electron chi connectivity index (χ2n) is 26.1. The number of ether oxygens (including phenoxy) is 1. The number of phosphoric acid groups is 1. The molecule has 0 aromatic rings. The van der Waals surface area contributed by atoms with Crippen molar-refractivity contribution >= 4 is 19.7 Å². The zero-order valence-corrected chi connectivity index (χ0v) is 56.2. The molecule has 0 aliphatic carbocycles. The number of amides is 1. The fourth-order valence-corrected chi connectivity index (χ4v) is 11.9. The van der Waals surface area contributed by atoms with Crippen molar-refractivity contribution in [3.8, 4) is 0 Å². The zero-order chi connectivity index (χ0) is 59.3. The number of esters is 1. The highest BCUT2D eigenvalue weighted by Crippen LogP contribution is 2.38. The Balaban J connectivity index is 5.05. The van der Waals surface area contributed by atoms with Gasteiger partial charge in [-0.05, 0) is 31.8 Å². The monoisotopic (exact) mass is 1170 g/mol. The molecule has 1 N–H and O–H groups in total. The standard InChI is InChI=1S/C71H141N2O7P/c1-7-10-13-16-19-22-25-28-30-32-34-35-36-37-39-41-43-46-49-52-55-58-61-64-71(75)80-69(62-59-56-53-50-47-44-27-24-21-18-15-12-9-3)68(67-79-81(76,77)78-66-65-73(4,5)6)72-70(74)63-60-57-54-51-48-45-42-40-38-33-31-29-26-23-20-17-14-11-8-2/h59,62,68-69H,7-58,60-61,63-67H2,1-6H3,(H-,72,74,76,77)/b62-59+. The van der Waals surface area contributed by atoms with Gasteiger partial charge in [-0.25, -0.2) is 0 Å². The Morgan fingerprint density at radius 3 is 1.01 bits per heavy atom. The third-order valence-electron chi connectivity index (χ3n) is 16.7. The molecule has 0 fully saturated rings. The van der Waals surface area contributed by atoms with Crippen molar-refractivity contribution in [2.75, 3.05) is 40.9 Å². The molecular formula is C71H141N2O7P. The Labute approximate surface area is 505 Å². The van der Waals surface area contributed by atoms with Crippen LogP contribution < -0.4 is 10.2 Å². The van der Waals surface area contributed by atoms with Gasteiger partial charge in [-0.1, -0.05) is 348 Å². The molecular weight excluding hydrogens is 1020 g/mol. The number of likely N-dealkylation sites (N-methyl/N-ethyl adjacent to an activating group) is 1. The molecule has 9 nitrogen and oxygen atoms in total. The highest BCUT2D eigenvalue weighted by Gasteiger charge is 2.27. The van der Waals surface area contributed by atoms with Crippen molar-refractivity contribution in [2.45, 2.75) is 392 Å². The minimum absolute atomic E-state index is 0.0163. The average molecular weight is 1170 g/mol. The number of quaternary nitrogens is 1. The molecule has 482 valence electrons. The molecule has 0 rings (SSSR count). The van der Waals surface area contributed by atoms with Gasteiger partial charge in [0.2, 0.25) is 5.91 Å². The number of hydrogen-bond acceptors (Lipinski definition) is 7. The van der Waals surface area contributed by atoms with Crippen molar-refractivity contribution < 1.29 is 37.3 Å². The molecule has 3 unspecified atom stereocenters. The first kappa shape index (κ1) is 79.8. The van der Waals surface area contributed by atoms with Crippen LogP contribution in [0, 0.1) is 0 Å². The van der Waals surface area contributed by atoms with Gasteiger partial charge in [0.1, 0.15) is 19.3 Å². The second kappa shape index (κ2) is 61.8. The lowest BCUT2D eigenvalue weighted by Gasteiger charge is -2.30. The highest BCUT2D eigenvalue weighted by atomic mass is 31.2. The minimum atomic E-state index is -4.70. The summed E-state index contributed by atoms with van der Waals surface area (Å²) in [5.74, 6) is -0.512. The van der Waals surface area contributed by atoms with Gasteiger partial charge in [0.25, 0.3) is 7.82 Å². The van der Waals surface area contributed by atoms with Gasteiger partial charge >= 0.3 is 5.97 Å². The van der Waals surface area contributed by atoms with Crippen LogP contribution in [0.3, 0.4) is 0 Å². The van der Waals surface area contributed by atoms with Crippen LogP contribution in [0.15, 0.2) is 12.2 Å². The van der Waals surface area contributed by atoms with Gasteiger partial charge in [-0.15, -0.1) is 0 Å². The lowest BCUT2D eigenvalue weighted by Crippen LogP contribution is -2.47. The van der Waals surface area contributed by atoms with E-state index in [-0.39, 0.29) is 31.5 Å². The number of carbonyl (C=O) groups is 2. The molecule has 81 heavy (non-hydrogen) atoms. The summed E-state index contributed by atoms with van der Waals surface area (Å²) in [6.45, 7) is 6.93. The SMILES string of the molecule is CCCCCCCCCCCCC/C=C/C(OC(=O)CCCCCCCCCCCCCCCCCCCCCCCCC)C(COP(=O)([O-])OCC[N+](C)(C)C)NC(=O)CCCCCCCCCCCCCCCCCCCCC. The van der Waals surface area contributed by atoms with Crippen molar-refractivity contribution in [1.29, 1.82) is 0 Å². The maximum atomic E-state index is 13.6. The Kier molecular flexibility index (Phi) is 60.9. The van der Waals surface area contributed by atoms with E-state index in [2.05, 4.69) is 26.1 Å². The van der Waals surface area contributed by atoms with Crippen LogP contribution in [0.25, 0.3) is 0 Å². The Morgan fingerprint density at radius 1 is 0.420 bits per heavy atom. The summed E-state index contributed by atoms with van der Waals surface area (Å²) in [7, 11) is 1.21. The molecule has 0 aromatic carbocycles.